The third-order valence-electron chi connectivity index (χ3n) is 6.37. The molecular formula is C28H41NO9S. The van der Waals surface area contributed by atoms with Gasteiger partial charge in [0.1, 0.15) is 28.5 Å². The first-order valence-corrected chi connectivity index (χ1v) is 14.7. The van der Waals surface area contributed by atoms with Crippen molar-refractivity contribution in [3.63, 3.8) is 0 Å². The van der Waals surface area contributed by atoms with E-state index in [1.54, 1.807) is 60.8 Å². The van der Waals surface area contributed by atoms with Crippen molar-refractivity contribution in [3.05, 3.63) is 29.8 Å². The summed E-state index contributed by atoms with van der Waals surface area (Å²) in [5.41, 5.74) is -0.704. The highest BCUT2D eigenvalue weighted by Gasteiger charge is 2.50. The molecule has 0 radical (unpaired) electrons. The highest BCUT2D eigenvalue weighted by atomic mass is 32.2. The number of benzene rings is 1. The molecule has 3 atom stereocenters. The topological polar surface area (TPSA) is 124 Å². The van der Waals surface area contributed by atoms with Gasteiger partial charge in [-0.1, -0.05) is 23.3 Å². The number of rotatable bonds is 6. The van der Waals surface area contributed by atoms with Gasteiger partial charge in [0, 0.05) is 12.8 Å². The zero-order valence-electron chi connectivity index (χ0n) is 23.9. The first-order valence-electron chi connectivity index (χ1n) is 13.2. The number of esters is 1. The van der Waals surface area contributed by atoms with E-state index in [-0.39, 0.29) is 6.54 Å². The molecule has 0 bridgehead atoms. The first-order chi connectivity index (χ1) is 18.1. The van der Waals surface area contributed by atoms with E-state index in [9.17, 15) is 18.9 Å². The molecule has 0 saturated carbocycles. The third kappa shape index (κ3) is 9.20. The number of hydrogen-bond acceptors (Lipinski definition) is 9. The fourth-order valence-corrected chi connectivity index (χ4v) is 5.83. The minimum Gasteiger partial charge on any atom is -0.616 e. The Bertz CT molecular complexity index is 994. The van der Waals surface area contributed by atoms with Crippen molar-refractivity contribution >= 4 is 29.4 Å². The summed E-state index contributed by atoms with van der Waals surface area (Å²) in [7, 11) is 1.57. The zero-order valence-corrected chi connectivity index (χ0v) is 24.7. The van der Waals surface area contributed by atoms with Crippen molar-refractivity contribution in [1.82, 2.24) is 4.90 Å². The van der Waals surface area contributed by atoms with Gasteiger partial charge in [0.15, 0.2) is 12.2 Å². The molecule has 2 heterocycles. The van der Waals surface area contributed by atoms with Gasteiger partial charge >= 0.3 is 18.2 Å². The molecule has 0 spiro atoms. The van der Waals surface area contributed by atoms with Crippen LogP contribution in [0.5, 0.6) is 5.75 Å². The summed E-state index contributed by atoms with van der Waals surface area (Å²) in [6.45, 7) is 10.4. The third-order valence-corrected chi connectivity index (χ3v) is 7.75. The maximum Gasteiger partial charge on any atom is 0.509 e. The number of ether oxygens (including phenoxy) is 5. The molecule has 1 aromatic rings. The Morgan fingerprint density at radius 2 is 1.54 bits per heavy atom. The van der Waals surface area contributed by atoms with Gasteiger partial charge in [-0.3, -0.25) is 9.69 Å². The Morgan fingerprint density at radius 1 is 0.949 bits per heavy atom. The lowest BCUT2D eigenvalue weighted by atomic mass is 9.99. The Hall–Kier alpha value is -2.66. The molecule has 1 amide bonds. The van der Waals surface area contributed by atoms with Crippen molar-refractivity contribution in [2.24, 2.45) is 5.92 Å². The second-order valence-electron chi connectivity index (χ2n) is 11.9. The van der Waals surface area contributed by atoms with Crippen LogP contribution in [0.3, 0.4) is 0 Å². The van der Waals surface area contributed by atoms with Crippen molar-refractivity contribution in [2.45, 2.75) is 90.3 Å². The lowest BCUT2D eigenvalue weighted by molar-refractivity contribution is -0.161. The molecule has 2 fully saturated rings. The van der Waals surface area contributed by atoms with E-state index in [0.717, 1.165) is 5.56 Å². The predicted molar refractivity (Wildman–Crippen MR) is 145 cm³/mol. The summed E-state index contributed by atoms with van der Waals surface area (Å²) in [6.07, 6.45) is -2.25. The quantitative estimate of drug-likeness (QED) is 0.282. The monoisotopic (exact) mass is 567 g/mol. The lowest BCUT2D eigenvalue weighted by Crippen LogP contribution is -2.46. The Balaban J connectivity index is 1.92. The lowest BCUT2D eigenvalue weighted by Gasteiger charge is -2.31. The number of carbonyl (C=O) groups excluding carboxylic acids is 3. The number of methoxy groups -OCH3 is 1. The predicted octanol–water partition coefficient (Wildman–Crippen LogP) is 4.25. The van der Waals surface area contributed by atoms with Gasteiger partial charge < -0.3 is 28.2 Å². The molecule has 2 aliphatic rings. The fraction of sp³-hybridized carbons (Fsp3) is 0.679. The molecule has 0 aliphatic carbocycles. The van der Waals surface area contributed by atoms with Crippen LogP contribution in [0.4, 0.5) is 9.59 Å². The van der Waals surface area contributed by atoms with Gasteiger partial charge in [-0.25, -0.2) is 9.59 Å². The van der Waals surface area contributed by atoms with E-state index >= 15 is 0 Å². The van der Waals surface area contributed by atoms with Gasteiger partial charge in [0.2, 0.25) is 0 Å². The average molecular weight is 568 g/mol. The standard InChI is InChI=1S/C28H41NO9S/c1-27(2,3)37-25(31)29-17-22(35-26(32)38-28(4,5)6)23(36-24(30)19-12-14-39(33)15-13-19)21(29)16-18-8-10-20(34-7)11-9-18/h8-11,19,21-23H,12-17H2,1-7H3/t19?,21-,22+,23+,39?/m1/s1. The maximum absolute atomic E-state index is 13.3. The molecule has 1 aromatic carbocycles. The Labute approximate surface area is 233 Å². The van der Waals surface area contributed by atoms with Gasteiger partial charge in [0.05, 0.1) is 25.6 Å². The van der Waals surface area contributed by atoms with Gasteiger partial charge in [-0.15, -0.1) is 0 Å². The van der Waals surface area contributed by atoms with Crippen molar-refractivity contribution < 1.29 is 42.6 Å². The molecule has 11 heteroatoms. The van der Waals surface area contributed by atoms with Crippen molar-refractivity contribution in [3.8, 4) is 5.75 Å². The summed E-state index contributed by atoms with van der Waals surface area (Å²) >= 11 is -0.937. The number of amides is 1. The van der Waals surface area contributed by atoms with E-state index in [1.807, 2.05) is 12.1 Å². The number of hydrogen-bond donors (Lipinski definition) is 0. The van der Waals surface area contributed by atoms with Crippen LogP contribution in [0, 0.1) is 5.92 Å². The normalized spacial score (nSPS) is 25.5. The van der Waals surface area contributed by atoms with Crippen molar-refractivity contribution in [1.29, 1.82) is 0 Å². The van der Waals surface area contributed by atoms with Crippen LogP contribution in [-0.2, 0) is 41.3 Å². The minimum absolute atomic E-state index is 0.0401. The van der Waals surface area contributed by atoms with Crippen LogP contribution in [0.2, 0.25) is 0 Å². The number of carbonyl (C=O) groups is 3. The van der Waals surface area contributed by atoms with Gasteiger partial charge in [0.25, 0.3) is 0 Å². The highest BCUT2D eigenvalue weighted by molar-refractivity contribution is 7.91. The Kier molecular flexibility index (Phi) is 10.0. The molecule has 39 heavy (non-hydrogen) atoms. The van der Waals surface area contributed by atoms with E-state index in [2.05, 4.69) is 0 Å². The zero-order chi connectivity index (χ0) is 29.0. The van der Waals surface area contributed by atoms with E-state index in [1.165, 1.54) is 4.90 Å². The second kappa shape index (κ2) is 12.7. The molecule has 0 unspecified atom stereocenters. The second-order valence-corrected chi connectivity index (χ2v) is 13.6. The molecule has 0 aromatic heterocycles. The maximum atomic E-state index is 13.3. The summed E-state index contributed by atoms with van der Waals surface area (Å²) in [4.78, 5) is 40.7. The van der Waals surface area contributed by atoms with Gasteiger partial charge in [-0.2, -0.15) is 0 Å². The smallest absolute Gasteiger partial charge is 0.509 e. The molecule has 0 N–H and O–H groups in total. The SMILES string of the molecule is COc1ccc(C[C@@H]2[C@H](OC(=O)C3CC[S+]([O-])CC3)[C@@H](OC(=O)OC(C)(C)C)CN2C(=O)OC(C)(C)C)cc1. The van der Waals surface area contributed by atoms with E-state index in [0.29, 0.717) is 36.5 Å². The van der Waals surface area contributed by atoms with Crippen LogP contribution in [-0.4, -0.2) is 82.3 Å². The molecule has 3 rings (SSSR count). The summed E-state index contributed by atoms with van der Waals surface area (Å²) < 4.78 is 39.8. The molecule has 218 valence electrons. The molecule has 2 aliphatic heterocycles. The van der Waals surface area contributed by atoms with Crippen LogP contribution in [0.25, 0.3) is 0 Å². The number of likely N-dealkylation sites (tertiary alicyclic amines) is 1. The molecule has 2 saturated heterocycles. The highest BCUT2D eigenvalue weighted by Crippen LogP contribution is 2.32. The Morgan fingerprint density at radius 3 is 2.08 bits per heavy atom. The van der Waals surface area contributed by atoms with Crippen molar-refractivity contribution in [2.75, 3.05) is 25.2 Å². The minimum atomic E-state index is -0.975. The summed E-state index contributed by atoms with van der Waals surface area (Å²) in [6, 6.07) is 6.66. The largest absolute Gasteiger partial charge is 0.616 e. The molecule has 10 nitrogen and oxygen atoms in total. The van der Waals surface area contributed by atoms with E-state index < -0.39 is 64.8 Å². The summed E-state index contributed by atoms with van der Waals surface area (Å²) in [5.74, 6) is 0.670. The van der Waals surface area contributed by atoms with Crippen LogP contribution < -0.4 is 4.74 Å². The summed E-state index contributed by atoms with van der Waals surface area (Å²) in [5, 5.41) is 0. The van der Waals surface area contributed by atoms with Crippen LogP contribution >= 0.6 is 0 Å². The van der Waals surface area contributed by atoms with Crippen LogP contribution in [0.1, 0.15) is 59.9 Å². The first kappa shape index (κ1) is 30.9. The van der Waals surface area contributed by atoms with Gasteiger partial charge in [-0.05, 0) is 65.7 Å². The number of nitrogens with zero attached hydrogens (tertiary/aromatic N) is 1. The fourth-order valence-electron chi connectivity index (χ4n) is 4.53. The molecular weight excluding hydrogens is 526 g/mol. The van der Waals surface area contributed by atoms with E-state index in [4.69, 9.17) is 23.7 Å². The van der Waals surface area contributed by atoms with Crippen LogP contribution in [0.15, 0.2) is 24.3 Å². The average Bonchev–Trinajstić information content (AvgIpc) is 3.14.